The molecule has 1 atom stereocenters. The Morgan fingerprint density at radius 2 is 0.875 bits per heavy atom. The Kier molecular flexibility index (Phi) is 7.66. The summed E-state index contributed by atoms with van der Waals surface area (Å²) in [6.45, 7) is -0.140. The molecule has 0 saturated carbocycles. The Hall–Kier alpha value is -1.17. The maximum absolute atomic E-state index is 14.4. The highest BCUT2D eigenvalue weighted by Crippen LogP contribution is 2.64. The number of halogens is 16. The number of sulfone groups is 1. The minimum Gasteiger partial charge on any atom is -0.230 e. The van der Waals surface area contributed by atoms with Gasteiger partial charge >= 0.3 is 35.8 Å². The Morgan fingerprint density at radius 1 is 0.562 bits per heavy atom. The minimum absolute atomic E-state index is 0.140. The van der Waals surface area contributed by atoms with Gasteiger partial charge in [0.05, 0.1) is 5.75 Å². The van der Waals surface area contributed by atoms with Crippen molar-refractivity contribution in [3.63, 3.8) is 0 Å². The molecule has 2 nitrogen and oxygen atoms in total. The molecule has 0 spiro atoms. The highest BCUT2D eigenvalue weighted by atomic mass is 32.2. The minimum atomic E-state index is -8.46. The molecule has 0 heterocycles. The Labute approximate surface area is 168 Å². The van der Waals surface area contributed by atoms with Gasteiger partial charge in [-0.2, -0.15) is 57.1 Å². The number of rotatable bonds is 10. The molecule has 0 saturated heterocycles. The zero-order valence-corrected chi connectivity index (χ0v) is 16.2. The van der Waals surface area contributed by atoms with Crippen molar-refractivity contribution in [2.24, 2.45) is 0 Å². The molecule has 0 aliphatic heterocycles. The SMILES string of the molecule is CCC(F)(C(F)(F)CCS(C)(=O)=O)C(F)(F)C(F)(F)C(F)(F)C(F)(F)C(F)(F)C(F)(F)F. The van der Waals surface area contributed by atoms with Crippen molar-refractivity contribution in [3.8, 4) is 0 Å². The third-order valence-electron chi connectivity index (χ3n) is 4.28. The van der Waals surface area contributed by atoms with Gasteiger partial charge in [-0.15, -0.1) is 0 Å². The van der Waals surface area contributed by atoms with Crippen LogP contribution in [-0.2, 0) is 9.84 Å². The van der Waals surface area contributed by atoms with Gasteiger partial charge in [0.15, 0.2) is 0 Å². The van der Waals surface area contributed by atoms with Crippen LogP contribution in [0.5, 0.6) is 0 Å². The van der Waals surface area contributed by atoms with Crippen LogP contribution in [0.15, 0.2) is 0 Å². The van der Waals surface area contributed by atoms with E-state index < -0.39 is 75.8 Å². The second-order valence-electron chi connectivity index (χ2n) is 6.61. The zero-order chi connectivity index (χ0) is 26.6. The summed E-state index contributed by atoms with van der Waals surface area (Å²) >= 11 is 0. The van der Waals surface area contributed by atoms with Gasteiger partial charge in [-0.25, -0.2) is 21.6 Å². The maximum atomic E-state index is 14.4. The molecule has 1 unspecified atom stereocenters. The van der Waals surface area contributed by atoms with Crippen LogP contribution in [0, 0.1) is 0 Å². The predicted molar refractivity (Wildman–Crippen MR) is 74.2 cm³/mol. The molecular formula is C13H12F16O2S. The Balaban J connectivity index is 6.80. The van der Waals surface area contributed by atoms with Gasteiger partial charge in [0.2, 0.25) is 5.67 Å². The molecule has 0 aromatic heterocycles. The summed E-state index contributed by atoms with van der Waals surface area (Å²) in [5.74, 6) is -48.9. The first kappa shape index (κ1) is 30.8. The topological polar surface area (TPSA) is 34.1 Å². The molecule has 0 aromatic carbocycles. The monoisotopic (exact) mass is 536 g/mol. The van der Waals surface area contributed by atoms with Crippen molar-refractivity contribution in [1.29, 1.82) is 0 Å². The average molecular weight is 536 g/mol. The third-order valence-corrected chi connectivity index (χ3v) is 5.23. The van der Waals surface area contributed by atoms with Gasteiger partial charge in [0, 0.05) is 12.7 Å². The van der Waals surface area contributed by atoms with Crippen LogP contribution >= 0.6 is 0 Å². The molecule has 0 rings (SSSR count). The second kappa shape index (κ2) is 7.95. The fraction of sp³-hybridized carbons (Fsp3) is 1.00. The quantitative estimate of drug-likeness (QED) is 0.326. The standard InChI is InChI=1S/C13H12F16O2S/c1-3-6(14,7(15,16)4-5-32(2,30)31)8(17,18)9(19,20)10(21,22)11(23,24)12(25,26)13(27,28)29/h3-5H2,1-2H3. The molecule has 0 aliphatic carbocycles. The first-order chi connectivity index (χ1) is 13.5. The van der Waals surface area contributed by atoms with Gasteiger partial charge in [0.25, 0.3) is 5.92 Å². The van der Waals surface area contributed by atoms with E-state index >= 15 is 0 Å². The van der Waals surface area contributed by atoms with E-state index in [0.717, 1.165) is 0 Å². The van der Waals surface area contributed by atoms with E-state index in [2.05, 4.69) is 0 Å². The Morgan fingerprint density at radius 3 is 1.16 bits per heavy atom. The highest BCUT2D eigenvalue weighted by Gasteiger charge is 2.94. The van der Waals surface area contributed by atoms with E-state index in [1.165, 1.54) is 0 Å². The van der Waals surface area contributed by atoms with E-state index in [0.29, 0.717) is 0 Å². The van der Waals surface area contributed by atoms with Crippen LogP contribution in [0.25, 0.3) is 0 Å². The molecule has 0 bridgehead atoms. The van der Waals surface area contributed by atoms with Gasteiger partial charge in [-0.3, -0.25) is 0 Å². The predicted octanol–water partition coefficient (Wildman–Crippen LogP) is 5.91. The normalized spacial score (nSPS) is 17.9. The van der Waals surface area contributed by atoms with Crippen LogP contribution in [-0.4, -0.2) is 67.8 Å². The number of hydrogen-bond donors (Lipinski definition) is 0. The first-order valence-corrected chi connectivity index (χ1v) is 9.78. The van der Waals surface area contributed by atoms with Crippen molar-refractivity contribution in [1.82, 2.24) is 0 Å². The lowest BCUT2D eigenvalue weighted by molar-refractivity contribution is -0.452. The lowest BCUT2D eigenvalue weighted by Gasteiger charge is -2.45. The van der Waals surface area contributed by atoms with Crippen LogP contribution in [0.4, 0.5) is 70.2 Å². The average Bonchev–Trinajstić information content (AvgIpc) is 2.56. The summed E-state index contributed by atoms with van der Waals surface area (Å²) < 4.78 is 234. The van der Waals surface area contributed by atoms with E-state index in [1.54, 1.807) is 0 Å². The largest absolute Gasteiger partial charge is 0.460 e. The van der Waals surface area contributed by atoms with Crippen molar-refractivity contribution in [2.45, 2.75) is 67.1 Å². The molecule has 0 fully saturated rings. The molecule has 19 heteroatoms. The van der Waals surface area contributed by atoms with Gasteiger partial charge < -0.3 is 0 Å². The fourth-order valence-corrected chi connectivity index (χ4v) is 2.87. The molecular weight excluding hydrogens is 524 g/mol. The van der Waals surface area contributed by atoms with Gasteiger partial charge in [-0.1, -0.05) is 6.92 Å². The van der Waals surface area contributed by atoms with Crippen LogP contribution in [0.2, 0.25) is 0 Å². The third kappa shape index (κ3) is 4.33. The number of alkyl halides is 16. The molecule has 0 aromatic rings. The molecule has 0 amide bonds. The van der Waals surface area contributed by atoms with Crippen LogP contribution in [0.3, 0.4) is 0 Å². The highest BCUT2D eigenvalue weighted by molar-refractivity contribution is 7.90. The lowest BCUT2D eigenvalue weighted by Crippen LogP contribution is -2.75. The van der Waals surface area contributed by atoms with Crippen molar-refractivity contribution in [2.75, 3.05) is 12.0 Å². The summed E-state index contributed by atoms with van der Waals surface area (Å²) in [5.41, 5.74) is -6.30. The first-order valence-electron chi connectivity index (χ1n) is 7.72. The van der Waals surface area contributed by atoms with Crippen LogP contribution < -0.4 is 0 Å². The van der Waals surface area contributed by atoms with Gasteiger partial charge in [0.1, 0.15) is 9.84 Å². The molecule has 194 valence electrons. The summed E-state index contributed by atoms with van der Waals surface area (Å²) in [4.78, 5) is 0. The van der Waals surface area contributed by atoms with Crippen molar-refractivity contribution >= 4 is 9.84 Å². The zero-order valence-electron chi connectivity index (χ0n) is 15.4. The lowest BCUT2D eigenvalue weighted by atomic mass is 9.79. The van der Waals surface area contributed by atoms with E-state index in [9.17, 15) is 78.7 Å². The van der Waals surface area contributed by atoms with Crippen molar-refractivity contribution in [3.05, 3.63) is 0 Å². The second-order valence-corrected chi connectivity index (χ2v) is 8.87. The van der Waals surface area contributed by atoms with E-state index in [-0.39, 0.29) is 13.2 Å². The molecule has 0 radical (unpaired) electrons. The summed E-state index contributed by atoms with van der Waals surface area (Å²) in [6, 6.07) is 0. The van der Waals surface area contributed by atoms with E-state index in [1.807, 2.05) is 0 Å². The number of hydrogen-bond acceptors (Lipinski definition) is 2. The Bertz CT molecular complexity index is 784. The molecule has 32 heavy (non-hydrogen) atoms. The molecule has 0 aliphatic rings. The summed E-state index contributed by atoms with van der Waals surface area (Å²) in [7, 11) is -4.57. The van der Waals surface area contributed by atoms with E-state index in [4.69, 9.17) is 0 Å². The summed E-state index contributed by atoms with van der Waals surface area (Å²) in [6.07, 6.45) is -12.8. The summed E-state index contributed by atoms with van der Waals surface area (Å²) in [5, 5.41) is 0. The fourth-order valence-electron chi connectivity index (χ4n) is 2.24. The van der Waals surface area contributed by atoms with Crippen molar-refractivity contribution < 1.29 is 78.7 Å². The molecule has 0 N–H and O–H groups in total. The smallest absolute Gasteiger partial charge is 0.230 e. The maximum Gasteiger partial charge on any atom is 0.460 e. The van der Waals surface area contributed by atoms with Gasteiger partial charge in [-0.05, 0) is 6.42 Å². The van der Waals surface area contributed by atoms with Crippen LogP contribution in [0.1, 0.15) is 19.8 Å².